The molecule has 0 spiro atoms. The number of nitrogens with zero attached hydrogens (tertiary/aromatic N) is 2. The highest BCUT2D eigenvalue weighted by Crippen LogP contribution is 2.16. The van der Waals surface area contributed by atoms with Crippen molar-refractivity contribution in [3.63, 3.8) is 0 Å². The summed E-state index contributed by atoms with van der Waals surface area (Å²) < 4.78 is 2.31. The quantitative estimate of drug-likeness (QED) is 0.807. The van der Waals surface area contributed by atoms with E-state index in [1.807, 2.05) is 24.3 Å². The van der Waals surface area contributed by atoms with Crippen molar-refractivity contribution in [1.82, 2.24) is 9.55 Å². The van der Waals surface area contributed by atoms with Crippen molar-refractivity contribution < 1.29 is 4.79 Å². The third-order valence-electron chi connectivity index (χ3n) is 2.87. The van der Waals surface area contributed by atoms with E-state index in [2.05, 4.69) is 10.3 Å². The van der Waals surface area contributed by atoms with Gasteiger partial charge in [0.05, 0.1) is 15.2 Å². The molecule has 0 bridgehead atoms. The van der Waals surface area contributed by atoms with Crippen molar-refractivity contribution in [2.75, 3.05) is 5.32 Å². The number of rotatable bonds is 3. The summed E-state index contributed by atoms with van der Waals surface area (Å²) >= 11 is 6.85. The fraction of sp³-hybridized carbons (Fsp3) is 0.0714. The maximum Gasteiger partial charge on any atom is 0.308 e. The minimum Gasteiger partial charge on any atom is -0.309 e. The van der Waals surface area contributed by atoms with Gasteiger partial charge in [0.1, 0.15) is 12.4 Å². The first-order valence-corrected chi connectivity index (χ1v) is 7.33. The highest BCUT2D eigenvalue weighted by atomic mass is 35.5. The summed E-state index contributed by atoms with van der Waals surface area (Å²) in [6, 6.07) is 10.6. The number of anilines is 1. The molecule has 1 aromatic carbocycles. The summed E-state index contributed by atoms with van der Waals surface area (Å²) in [5.41, 5.74) is 0.756. The Morgan fingerprint density at radius 3 is 2.86 bits per heavy atom. The van der Waals surface area contributed by atoms with E-state index >= 15 is 0 Å². The summed E-state index contributed by atoms with van der Waals surface area (Å²) in [4.78, 5) is 27.8. The highest BCUT2D eigenvalue weighted by molar-refractivity contribution is 7.16. The van der Waals surface area contributed by atoms with Gasteiger partial charge in [-0.05, 0) is 24.3 Å². The number of amides is 1. The van der Waals surface area contributed by atoms with Crippen LogP contribution >= 0.6 is 22.9 Å². The van der Waals surface area contributed by atoms with Gasteiger partial charge in [-0.25, -0.2) is 4.98 Å². The van der Waals surface area contributed by atoms with Crippen LogP contribution in [0, 0.1) is 0 Å². The standard InChI is InChI=1S/C14H10ClN3O2S/c15-9-5-6-12(16-7-9)17-13(19)8-18-10-3-1-2-4-11(10)21-14(18)20/h1-7H,8H2,(H,16,17,19). The minimum absolute atomic E-state index is 0.0485. The third-order valence-corrected chi connectivity index (χ3v) is 4.05. The summed E-state index contributed by atoms with van der Waals surface area (Å²) in [6.07, 6.45) is 1.45. The maximum atomic E-state index is 12.0. The van der Waals surface area contributed by atoms with Gasteiger partial charge in [-0.3, -0.25) is 14.2 Å². The summed E-state index contributed by atoms with van der Waals surface area (Å²) in [5, 5.41) is 3.13. The van der Waals surface area contributed by atoms with Crippen LogP contribution in [-0.4, -0.2) is 15.5 Å². The fourth-order valence-electron chi connectivity index (χ4n) is 1.94. The molecular weight excluding hydrogens is 310 g/mol. The van der Waals surface area contributed by atoms with Gasteiger partial charge in [0.15, 0.2) is 0 Å². The van der Waals surface area contributed by atoms with E-state index in [0.29, 0.717) is 10.8 Å². The molecule has 1 N–H and O–H groups in total. The van der Waals surface area contributed by atoms with E-state index in [-0.39, 0.29) is 17.3 Å². The monoisotopic (exact) mass is 319 g/mol. The van der Waals surface area contributed by atoms with Crippen molar-refractivity contribution in [3.05, 3.63) is 57.3 Å². The second-order valence-electron chi connectivity index (χ2n) is 4.33. The van der Waals surface area contributed by atoms with E-state index in [0.717, 1.165) is 21.6 Å². The molecule has 0 saturated heterocycles. The molecule has 21 heavy (non-hydrogen) atoms. The number of pyridine rings is 1. The summed E-state index contributed by atoms with van der Waals surface area (Å²) in [5.74, 6) is 0.0902. The lowest BCUT2D eigenvalue weighted by molar-refractivity contribution is -0.116. The molecule has 5 nitrogen and oxygen atoms in total. The molecule has 2 heterocycles. The Labute approximate surface area is 128 Å². The zero-order valence-electron chi connectivity index (χ0n) is 10.7. The van der Waals surface area contributed by atoms with Crippen LogP contribution in [0.5, 0.6) is 0 Å². The molecule has 3 aromatic rings. The van der Waals surface area contributed by atoms with Crippen LogP contribution in [0.1, 0.15) is 0 Å². The van der Waals surface area contributed by atoms with Crippen molar-refractivity contribution in [1.29, 1.82) is 0 Å². The predicted molar refractivity (Wildman–Crippen MR) is 84.0 cm³/mol. The van der Waals surface area contributed by atoms with Crippen molar-refractivity contribution >= 4 is 44.9 Å². The number of thiazole rings is 1. The SMILES string of the molecule is O=C(Cn1c(=O)sc2ccccc21)Nc1ccc(Cl)cn1. The number of hydrogen-bond donors (Lipinski definition) is 1. The molecule has 0 fully saturated rings. The molecule has 0 saturated carbocycles. The zero-order chi connectivity index (χ0) is 14.8. The van der Waals surface area contributed by atoms with Crippen LogP contribution < -0.4 is 10.2 Å². The van der Waals surface area contributed by atoms with Gasteiger partial charge in [0, 0.05) is 6.20 Å². The van der Waals surface area contributed by atoms with Crippen molar-refractivity contribution in [2.45, 2.75) is 6.54 Å². The molecule has 1 amide bonds. The first-order valence-electron chi connectivity index (χ1n) is 6.13. The van der Waals surface area contributed by atoms with E-state index in [1.54, 1.807) is 12.1 Å². The van der Waals surface area contributed by atoms with Gasteiger partial charge in [-0.2, -0.15) is 0 Å². The third kappa shape index (κ3) is 2.96. The van der Waals surface area contributed by atoms with E-state index in [1.165, 1.54) is 10.8 Å². The van der Waals surface area contributed by atoms with Crippen LogP contribution in [-0.2, 0) is 11.3 Å². The first-order chi connectivity index (χ1) is 10.1. The number of benzene rings is 1. The molecule has 0 aliphatic heterocycles. The smallest absolute Gasteiger partial charge is 0.308 e. The number of carbonyl (C=O) groups is 1. The molecule has 0 atom stereocenters. The average Bonchev–Trinajstić information content (AvgIpc) is 2.78. The molecular formula is C14H10ClN3O2S. The van der Waals surface area contributed by atoms with E-state index in [9.17, 15) is 9.59 Å². The van der Waals surface area contributed by atoms with E-state index in [4.69, 9.17) is 11.6 Å². The molecule has 106 valence electrons. The maximum absolute atomic E-state index is 12.0. The Hall–Kier alpha value is -2.18. The van der Waals surface area contributed by atoms with Gasteiger partial charge < -0.3 is 5.32 Å². The number of fused-ring (bicyclic) bond motifs is 1. The van der Waals surface area contributed by atoms with Gasteiger partial charge in [0.2, 0.25) is 5.91 Å². The topological polar surface area (TPSA) is 64.0 Å². The molecule has 0 aliphatic carbocycles. The van der Waals surface area contributed by atoms with Gasteiger partial charge in [0.25, 0.3) is 0 Å². The fourth-order valence-corrected chi connectivity index (χ4v) is 2.94. The zero-order valence-corrected chi connectivity index (χ0v) is 12.3. The van der Waals surface area contributed by atoms with Crippen molar-refractivity contribution in [2.24, 2.45) is 0 Å². The second kappa shape index (κ2) is 5.67. The Kier molecular flexibility index (Phi) is 3.72. The Morgan fingerprint density at radius 2 is 2.10 bits per heavy atom. The van der Waals surface area contributed by atoms with Crippen LogP contribution in [0.2, 0.25) is 5.02 Å². The number of carbonyl (C=O) groups excluding carboxylic acids is 1. The molecule has 0 aliphatic rings. The normalized spacial score (nSPS) is 10.7. The van der Waals surface area contributed by atoms with Crippen LogP contribution in [0.25, 0.3) is 10.2 Å². The van der Waals surface area contributed by atoms with Crippen LogP contribution in [0.4, 0.5) is 5.82 Å². The van der Waals surface area contributed by atoms with Crippen molar-refractivity contribution in [3.8, 4) is 0 Å². The number of para-hydroxylation sites is 1. The number of hydrogen-bond acceptors (Lipinski definition) is 4. The molecule has 3 rings (SSSR count). The number of aromatic nitrogens is 2. The average molecular weight is 320 g/mol. The highest BCUT2D eigenvalue weighted by Gasteiger charge is 2.11. The Bertz CT molecular complexity index is 855. The van der Waals surface area contributed by atoms with Gasteiger partial charge in [-0.15, -0.1) is 0 Å². The Morgan fingerprint density at radius 1 is 1.29 bits per heavy atom. The minimum atomic E-state index is -0.310. The first kappa shape index (κ1) is 13.8. The molecule has 7 heteroatoms. The summed E-state index contributed by atoms with van der Waals surface area (Å²) in [6.45, 7) is -0.0485. The van der Waals surface area contributed by atoms with Gasteiger partial charge >= 0.3 is 4.87 Å². The second-order valence-corrected chi connectivity index (χ2v) is 5.76. The Balaban J connectivity index is 1.82. The molecule has 2 aromatic heterocycles. The molecule has 0 radical (unpaired) electrons. The molecule has 0 unspecified atom stereocenters. The number of nitrogens with one attached hydrogen (secondary N) is 1. The largest absolute Gasteiger partial charge is 0.309 e. The lowest BCUT2D eigenvalue weighted by Crippen LogP contribution is -2.24. The number of halogens is 1. The lowest BCUT2D eigenvalue weighted by Gasteiger charge is -2.05. The van der Waals surface area contributed by atoms with Gasteiger partial charge in [-0.1, -0.05) is 35.1 Å². The van der Waals surface area contributed by atoms with E-state index < -0.39 is 0 Å². The van der Waals surface area contributed by atoms with Crippen LogP contribution in [0.15, 0.2) is 47.4 Å². The predicted octanol–water partition coefficient (Wildman–Crippen LogP) is 2.75. The van der Waals surface area contributed by atoms with Crippen LogP contribution in [0.3, 0.4) is 0 Å². The summed E-state index contributed by atoms with van der Waals surface area (Å²) in [7, 11) is 0. The lowest BCUT2D eigenvalue weighted by atomic mass is 10.3.